The Balaban J connectivity index is 2.17. The van der Waals surface area contributed by atoms with E-state index in [4.69, 9.17) is 0 Å². The summed E-state index contributed by atoms with van der Waals surface area (Å²) in [5.41, 5.74) is 2.32. The van der Waals surface area contributed by atoms with Crippen molar-refractivity contribution in [2.24, 2.45) is 0 Å². The van der Waals surface area contributed by atoms with E-state index in [1.807, 2.05) is 20.9 Å². The molecular weight excluding hydrogens is 232 g/mol. The fourth-order valence-electron chi connectivity index (χ4n) is 1.62. The highest BCUT2D eigenvalue weighted by molar-refractivity contribution is 7.07. The molecule has 0 saturated carbocycles. The van der Waals surface area contributed by atoms with Gasteiger partial charge < -0.3 is 10.6 Å². The van der Waals surface area contributed by atoms with Gasteiger partial charge in [-0.25, -0.2) is 9.97 Å². The van der Waals surface area contributed by atoms with Gasteiger partial charge in [0.2, 0.25) is 0 Å². The summed E-state index contributed by atoms with van der Waals surface area (Å²) in [4.78, 5) is 8.76. The zero-order valence-electron chi connectivity index (χ0n) is 10.2. The normalized spacial score (nSPS) is 10.3. The molecule has 0 bridgehead atoms. The molecule has 2 rings (SSSR count). The van der Waals surface area contributed by atoms with Crippen LogP contribution < -0.4 is 10.6 Å². The molecule has 5 heteroatoms. The quantitative estimate of drug-likeness (QED) is 0.873. The van der Waals surface area contributed by atoms with Crippen molar-refractivity contribution >= 4 is 23.0 Å². The monoisotopic (exact) mass is 248 g/mol. The van der Waals surface area contributed by atoms with Crippen molar-refractivity contribution in [3.63, 3.8) is 0 Å². The molecule has 0 fully saturated rings. The molecule has 2 N–H and O–H groups in total. The van der Waals surface area contributed by atoms with Crippen LogP contribution in [0.5, 0.6) is 0 Å². The number of hydrogen-bond donors (Lipinski definition) is 2. The summed E-state index contributed by atoms with van der Waals surface area (Å²) < 4.78 is 0. The highest BCUT2D eigenvalue weighted by atomic mass is 32.1. The van der Waals surface area contributed by atoms with Crippen LogP contribution in [0.25, 0.3) is 0 Å². The Kier molecular flexibility index (Phi) is 3.58. The molecule has 0 amide bonds. The molecule has 2 aromatic rings. The van der Waals surface area contributed by atoms with Crippen molar-refractivity contribution in [2.45, 2.75) is 20.4 Å². The minimum atomic E-state index is 0.771. The summed E-state index contributed by atoms with van der Waals surface area (Å²) in [7, 11) is 1.87. The fraction of sp³-hybridized carbons (Fsp3) is 0.333. The Morgan fingerprint density at radius 2 is 2.00 bits per heavy atom. The second-order valence-corrected chi connectivity index (χ2v) is 4.61. The first-order valence-corrected chi connectivity index (χ1v) is 6.43. The van der Waals surface area contributed by atoms with Crippen molar-refractivity contribution in [1.82, 2.24) is 9.97 Å². The maximum absolute atomic E-state index is 4.42. The van der Waals surface area contributed by atoms with Gasteiger partial charge in [0, 0.05) is 19.2 Å². The summed E-state index contributed by atoms with van der Waals surface area (Å²) in [5, 5.41) is 10.6. The Bertz CT molecular complexity index is 493. The van der Waals surface area contributed by atoms with Crippen LogP contribution in [0, 0.1) is 13.8 Å². The molecule has 0 saturated heterocycles. The largest absolute Gasteiger partial charge is 0.373 e. The number of aryl methyl sites for hydroxylation is 1. The van der Waals surface area contributed by atoms with E-state index < -0.39 is 0 Å². The van der Waals surface area contributed by atoms with Gasteiger partial charge in [0.15, 0.2) is 0 Å². The van der Waals surface area contributed by atoms with Crippen LogP contribution in [-0.2, 0) is 6.54 Å². The van der Waals surface area contributed by atoms with Gasteiger partial charge in [-0.1, -0.05) is 0 Å². The van der Waals surface area contributed by atoms with Gasteiger partial charge in [0.1, 0.15) is 17.5 Å². The first kappa shape index (κ1) is 11.9. The van der Waals surface area contributed by atoms with E-state index in [0.29, 0.717) is 0 Å². The van der Waals surface area contributed by atoms with Crippen molar-refractivity contribution in [1.29, 1.82) is 0 Å². The number of aromatic nitrogens is 2. The van der Waals surface area contributed by atoms with E-state index >= 15 is 0 Å². The maximum atomic E-state index is 4.42. The third-order valence-corrected chi connectivity index (χ3v) is 3.27. The first-order chi connectivity index (χ1) is 8.20. The average Bonchev–Trinajstić information content (AvgIpc) is 2.82. The topological polar surface area (TPSA) is 49.8 Å². The van der Waals surface area contributed by atoms with Gasteiger partial charge in [0.25, 0.3) is 0 Å². The Morgan fingerprint density at radius 1 is 1.24 bits per heavy atom. The molecule has 4 nitrogen and oxygen atoms in total. The Morgan fingerprint density at radius 3 is 2.65 bits per heavy atom. The molecule has 0 aromatic carbocycles. The van der Waals surface area contributed by atoms with Gasteiger partial charge in [-0.3, -0.25) is 0 Å². The number of nitrogens with one attached hydrogen (secondary N) is 2. The number of nitrogens with zero attached hydrogens (tertiary/aromatic N) is 2. The summed E-state index contributed by atoms with van der Waals surface area (Å²) >= 11 is 1.70. The summed E-state index contributed by atoms with van der Waals surface area (Å²) in [6, 6.07) is 2.11. The lowest BCUT2D eigenvalue weighted by molar-refractivity contribution is 1.01. The lowest BCUT2D eigenvalue weighted by atomic mass is 10.3. The minimum Gasteiger partial charge on any atom is -0.373 e. The van der Waals surface area contributed by atoms with Crippen molar-refractivity contribution in [3.8, 4) is 0 Å². The predicted octanol–water partition coefficient (Wildman–Crippen LogP) is 2.81. The number of rotatable bonds is 4. The molecule has 2 heterocycles. The van der Waals surface area contributed by atoms with Gasteiger partial charge in [-0.15, -0.1) is 0 Å². The second kappa shape index (κ2) is 5.14. The first-order valence-electron chi connectivity index (χ1n) is 5.48. The van der Waals surface area contributed by atoms with E-state index in [-0.39, 0.29) is 0 Å². The Hall–Kier alpha value is -1.62. The molecule has 0 aliphatic rings. The van der Waals surface area contributed by atoms with E-state index in [9.17, 15) is 0 Å². The van der Waals surface area contributed by atoms with E-state index in [1.165, 1.54) is 5.56 Å². The number of hydrogen-bond acceptors (Lipinski definition) is 5. The van der Waals surface area contributed by atoms with Crippen LogP contribution in [0.1, 0.15) is 17.0 Å². The molecule has 0 aliphatic carbocycles. The summed E-state index contributed by atoms with van der Waals surface area (Å²) in [6.07, 6.45) is 0. The van der Waals surface area contributed by atoms with Gasteiger partial charge in [-0.05, 0) is 36.2 Å². The van der Waals surface area contributed by atoms with Crippen molar-refractivity contribution in [2.75, 3.05) is 17.7 Å². The van der Waals surface area contributed by atoms with Crippen LogP contribution in [0.2, 0.25) is 0 Å². The van der Waals surface area contributed by atoms with E-state index in [1.54, 1.807) is 11.3 Å². The van der Waals surface area contributed by atoms with E-state index in [2.05, 4.69) is 37.4 Å². The van der Waals surface area contributed by atoms with Crippen molar-refractivity contribution < 1.29 is 0 Å². The molecular formula is C12H16N4S. The molecule has 0 unspecified atom stereocenters. The molecule has 17 heavy (non-hydrogen) atoms. The second-order valence-electron chi connectivity index (χ2n) is 3.83. The molecule has 0 aliphatic heterocycles. The van der Waals surface area contributed by atoms with Gasteiger partial charge in [-0.2, -0.15) is 11.3 Å². The van der Waals surface area contributed by atoms with Crippen LogP contribution >= 0.6 is 11.3 Å². The number of thiophene rings is 1. The van der Waals surface area contributed by atoms with E-state index in [0.717, 1.165) is 29.6 Å². The molecule has 0 atom stereocenters. The highest BCUT2D eigenvalue weighted by Crippen LogP contribution is 2.20. The lowest BCUT2D eigenvalue weighted by Crippen LogP contribution is -2.07. The Labute approximate surface area is 105 Å². The molecule has 2 aromatic heterocycles. The lowest BCUT2D eigenvalue weighted by Gasteiger charge is -2.12. The zero-order valence-corrected chi connectivity index (χ0v) is 11.1. The molecule has 0 spiro atoms. The molecule has 0 radical (unpaired) electrons. The standard InChI is InChI=1S/C12H16N4S/c1-8-11(13-3)15-9(2)16-12(8)14-6-10-4-5-17-7-10/h4-5,7H,6H2,1-3H3,(H2,13,14,15,16). The van der Waals surface area contributed by atoms with Crippen LogP contribution in [0.3, 0.4) is 0 Å². The highest BCUT2D eigenvalue weighted by Gasteiger charge is 2.07. The van der Waals surface area contributed by atoms with Gasteiger partial charge >= 0.3 is 0 Å². The van der Waals surface area contributed by atoms with Crippen LogP contribution in [0.4, 0.5) is 11.6 Å². The summed E-state index contributed by atoms with van der Waals surface area (Å²) in [6.45, 7) is 4.71. The third-order valence-electron chi connectivity index (χ3n) is 2.53. The third kappa shape index (κ3) is 2.74. The molecule has 90 valence electrons. The smallest absolute Gasteiger partial charge is 0.135 e. The van der Waals surface area contributed by atoms with Gasteiger partial charge in [0.05, 0.1) is 0 Å². The zero-order chi connectivity index (χ0) is 12.3. The van der Waals surface area contributed by atoms with Crippen molar-refractivity contribution in [3.05, 3.63) is 33.8 Å². The maximum Gasteiger partial charge on any atom is 0.135 e. The summed E-state index contributed by atoms with van der Waals surface area (Å²) in [5.74, 6) is 2.55. The minimum absolute atomic E-state index is 0.771. The predicted molar refractivity (Wildman–Crippen MR) is 72.7 cm³/mol. The van der Waals surface area contributed by atoms with Crippen LogP contribution in [0.15, 0.2) is 16.8 Å². The SMILES string of the molecule is CNc1nc(C)nc(NCc2ccsc2)c1C. The fourth-order valence-corrected chi connectivity index (χ4v) is 2.29. The average molecular weight is 248 g/mol. The van der Waals surface area contributed by atoms with Crippen LogP contribution in [-0.4, -0.2) is 17.0 Å². The number of anilines is 2.